The third-order valence-electron chi connectivity index (χ3n) is 3.93. The number of amides is 1. The van der Waals surface area contributed by atoms with E-state index < -0.39 is 0 Å². The minimum absolute atomic E-state index is 0.150. The summed E-state index contributed by atoms with van der Waals surface area (Å²) in [6.07, 6.45) is 1.92. The number of hydrogen-bond donors (Lipinski definition) is 2. The first-order valence-electron chi connectivity index (χ1n) is 8.22. The lowest BCUT2D eigenvalue weighted by Crippen LogP contribution is -2.29. The number of nitrogens with zero attached hydrogens (tertiary/aromatic N) is 2. The van der Waals surface area contributed by atoms with Crippen LogP contribution in [0.1, 0.15) is 21.7 Å². The van der Waals surface area contributed by atoms with Gasteiger partial charge in [-0.15, -0.1) is 0 Å². The van der Waals surface area contributed by atoms with Gasteiger partial charge in [0.15, 0.2) is 0 Å². The molecule has 0 bridgehead atoms. The number of aromatic nitrogens is 2. The lowest BCUT2D eigenvalue weighted by molar-refractivity contribution is 0.0940. The zero-order valence-corrected chi connectivity index (χ0v) is 14.7. The maximum atomic E-state index is 12.5. The Hall–Kier alpha value is -3.02. The van der Waals surface area contributed by atoms with Gasteiger partial charge in [-0.1, -0.05) is 12.1 Å². The second kappa shape index (κ2) is 7.25. The van der Waals surface area contributed by atoms with E-state index in [9.17, 15) is 4.79 Å². The number of nitrogens with one attached hydrogen (secondary N) is 2. The summed E-state index contributed by atoms with van der Waals surface area (Å²) in [6, 6.07) is 11.6. The lowest BCUT2D eigenvalue weighted by Gasteiger charge is -2.09. The first kappa shape index (κ1) is 16.8. The number of pyridine rings is 1. The predicted octanol–water partition coefficient (Wildman–Crippen LogP) is 2.80. The minimum Gasteiger partial charge on any atom is -0.492 e. The Bertz CT molecular complexity index is 902. The molecular formula is C19H22N4O2. The van der Waals surface area contributed by atoms with Gasteiger partial charge in [-0.05, 0) is 37.6 Å². The largest absolute Gasteiger partial charge is 0.492 e. The molecule has 2 heterocycles. The molecule has 0 unspecified atom stereocenters. The number of carbonyl (C=O) groups excluding carboxylic acids is 1. The SMILES string of the molecule is CNc1cccc(OCCNC(=O)c2c(C)nc3ccc(C)cn23)c1. The maximum absolute atomic E-state index is 12.5. The van der Waals surface area contributed by atoms with E-state index in [1.807, 2.05) is 67.9 Å². The molecule has 0 radical (unpaired) electrons. The third kappa shape index (κ3) is 3.74. The number of benzene rings is 1. The average Bonchev–Trinajstić information content (AvgIpc) is 2.94. The zero-order valence-electron chi connectivity index (χ0n) is 14.7. The summed E-state index contributed by atoms with van der Waals surface area (Å²) in [5.41, 5.74) is 4.11. The Morgan fingerprint density at radius 2 is 2.08 bits per heavy atom. The molecule has 1 aromatic carbocycles. The van der Waals surface area contributed by atoms with Crippen molar-refractivity contribution < 1.29 is 9.53 Å². The first-order chi connectivity index (χ1) is 12.1. The van der Waals surface area contributed by atoms with Crippen LogP contribution in [0.25, 0.3) is 5.65 Å². The third-order valence-corrected chi connectivity index (χ3v) is 3.93. The standard InChI is InChI=1S/C19H22N4O2/c1-13-7-8-17-22-14(2)18(23(17)12-13)19(24)21-9-10-25-16-6-4-5-15(11-16)20-3/h4-8,11-12,20H,9-10H2,1-3H3,(H,21,24). The molecule has 0 aliphatic heterocycles. The van der Waals surface area contributed by atoms with E-state index in [2.05, 4.69) is 15.6 Å². The molecule has 2 N–H and O–H groups in total. The van der Waals surface area contributed by atoms with E-state index in [-0.39, 0.29) is 5.91 Å². The number of aryl methyl sites for hydroxylation is 2. The molecule has 6 nitrogen and oxygen atoms in total. The van der Waals surface area contributed by atoms with Crippen LogP contribution in [0.2, 0.25) is 0 Å². The van der Waals surface area contributed by atoms with Crippen LogP contribution in [0, 0.1) is 13.8 Å². The number of rotatable bonds is 6. The summed E-state index contributed by atoms with van der Waals surface area (Å²) >= 11 is 0. The van der Waals surface area contributed by atoms with E-state index in [4.69, 9.17) is 4.74 Å². The molecule has 3 rings (SSSR count). The molecule has 25 heavy (non-hydrogen) atoms. The van der Waals surface area contributed by atoms with E-state index in [1.165, 1.54) is 0 Å². The number of hydrogen-bond acceptors (Lipinski definition) is 4. The fourth-order valence-corrected chi connectivity index (χ4v) is 2.70. The van der Waals surface area contributed by atoms with E-state index in [1.54, 1.807) is 0 Å². The molecule has 0 aliphatic rings. The van der Waals surface area contributed by atoms with Gasteiger partial charge in [0.05, 0.1) is 12.2 Å². The van der Waals surface area contributed by atoms with Gasteiger partial charge >= 0.3 is 0 Å². The van der Waals surface area contributed by atoms with Crippen LogP contribution in [0.15, 0.2) is 42.6 Å². The topological polar surface area (TPSA) is 67.7 Å². The normalized spacial score (nSPS) is 10.7. The van der Waals surface area contributed by atoms with Crippen molar-refractivity contribution in [3.05, 3.63) is 59.5 Å². The fraction of sp³-hybridized carbons (Fsp3) is 0.263. The fourth-order valence-electron chi connectivity index (χ4n) is 2.70. The Morgan fingerprint density at radius 1 is 1.24 bits per heavy atom. The van der Waals surface area contributed by atoms with Crippen LogP contribution in [-0.2, 0) is 0 Å². The number of carbonyl (C=O) groups is 1. The highest BCUT2D eigenvalue weighted by atomic mass is 16.5. The Morgan fingerprint density at radius 3 is 2.88 bits per heavy atom. The molecule has 0 saturated carbocycles. The number of imidazole rings is 1. The van der Waals surface area contributed by atoms with Gasteiger partial charge in [0.2, 0.25) is 0 Å². The van der Waals surface area contributed by atoms with Gasteiger partial charge in [-0.25, -0.2) is 4.98 Å². The summed E-state index contributed by atoms with van der Waals surface area (Å²) in [4.78, 5) is 17.0. The van der Waals surface area contributed by atoms with Gasteiger partial charge in [-0.3, -0.25) is 9.20 Å². The van der Waals surface area contributed by atoms with Crippen molar-refractivity contribution in [3.63, 3.8) is 0 Å². The van der Waals surface area contributed by atoms with Crippen molar-refractivity contribution in [2.75, 3.05) is 25.5 Å². The number of ether oxygens (including phenoxy) is 1. The van der Waals surface area contributed by atoms with Crippen LogP contribution in [0.5, 0.6) is 5.75 Å². The summed E-state index contributed by atoms with van der Waals surface area (Å²) in [5, 5.41) is 5.96. The summed E-state index contributed by atoms with van der Waals surface area (Å²) in [7, 11) is 1.86. The van der Waals surface area contributed by atoms with Crippen molar-refractivity contribution in [1.29, 1.82) is 0 Å². The highest BCUT2D eigenvalue weighted by molar-refractivity contribution is 5.94. The Balaban J connectivity index is 1.61. The van der Waals surface area contributed by atoms with E-state index in [0.29, 0.717) is 24.5 Å². The predicted molar refractivity (Wildman–Crippen MR) is 98.5 cm³/mol. The minimum atomic E-state index is -0.150. The number of anilines is 1. The van der Waals surface area contributed by atoms with Gasteiger partial charge in [-0.2, -0.15) is 0 Å². The monoisotopic (exact) mass is 338 g/mol. The van der Waals surface area contributed by atoms with Crippen molar-refractivity contribution in [1.82, 2.24) is 14.7 Å². The van der Waals surface area contributed by atoms with Crippen molar-refractivity contribution in [2.24, 2.45) is 0 Å². The van der Waals surface area contributed by atoms with Crippen molar-refractivity contribution in [2.45, 2.75) is 13.8 Å². The first-order valence-corrected chi connectivity index (χ1v) is 8.22. The molecule has 0 atom stereocenters. The molecule has 1 amide bonds. The van der Waals surface area contributed by atoms with Crippen molar-refractivity contribution in [3.8, 4) is 5.75 Å². The quantitative estimate of drug-likeness (QED) is 0.678. The zero-order chi connectivity index (χ0) is 17.8. The van der Waals surface area contributed by atoms with Crippen LogP contribution in [0.4, 0.5) is 5.69 Å². The van der Waals surface area contributed by atoms with Crippen molar-refractivity contribution >= 4 is 17.2 Å². The molecule has 0 fully saturated rings. The summed E-state index contributed by atoms with van der Waals surface area (Å²) in [6.45, 7) is 4.65. The molecule has 3 aromatic rings. The molecular weight excluding hydrogens is 316 g/mol. The smallest absolute Gasteiger partial charge is 0.270 e. The van der Waals surface area contributed by atoms with Crippen LogP contribution >= 0.6 is 0 Å². The molecule has 130 valence electrons. The Kier molecular flexibility index (Phi) is 4.88. The molecule has 6 heteroatoms. The van der Waals surface area contributed by atoms with Gasteiger partial charge in [0.25, 0.3) is 5.91 Å². The maximum Gasteiger partial charge on any atom is 0.270 e. The molecule has 2 aromatic heterocycles. The van der Waals surface area contributed by atoms with Gasteiger partial charge in [0, 0.05) is 25.0 Å². The lowest BCUT2D eigenvalue weighted by atomic mass is 10.3. The highest BCUT2D eigenvalue weighted by Crippen LogP contribution is 2.16. The second-order valence-corrected chi connectivity index (χ2v) is 5.86. The molecule has 0 aliphatic carbocycles. The molecule has 0 saturated heterocycles. The second-order valence-electron chi connectivity index (χ2n) is 5.86. The Labute approximate surface area is 146 Å². The summed E-state index contributed by atoms with van der Waals surface area (Å²) < 4.78 is 7.51. The average molecular weight is 338 g/mol. The molecule has 0 spiro atoms. The summed E-state index contributed by atoms with van der Waals surface area (Å²) in [5.74, 6) is 0.617. The van der Waals surface area contributed by atoms with Crippen LogP contribution in [-0.4, -0.2) is 35.5 Å². The van der Waals surface area contributed by atoms with Crippen LogP contribution in [0.3, 0.4) is 0 Å². The van der Waals surface area contributed by atoms with Gasteiger partial charge in [0.1, 0.15) is 23.7 Å². The van der Waals surface area contributed by atoms with E-state index >= 15 is 0 Å². The van der Waals surface area contributed by atoms with Crippen LogP contribution < -0.4 is 15.4 Å². The van der Waals surface area contributed by atoms with E-state index in [0.717, 1.165) is 22.6 Å². The number of fused-ring (bicyclic) bond motifs is 1. The van der Waals surface area contributed by atoms with Gasteiger partial charge < -0.3 is 15.4 Å². The highest BCUT2D eigenvalue weighted by Gasteiger charge is 2.16.